The van der Waals surface area contributed by atoms with Crippen LogP contribution in [0.25, 0.3) is 0 Å². The fraction of sp³-hybridized carbons (Fsp3) is 0.857. The molecule has 0 aromatic carbocycles. The number of esters is 1. The Morgan fingerprint density at radius 3 is 2.72 bits per heavy atom. The zero-order chi connectivity index (χ0) is 13.8. The van der Waals surface area contributed by atoms with Crippen molar-refractivity contribution in [2.24, 2.45) is 0 Å². The van der Waals surface area contributed by atoms with Crippen LogP contribution in [0.3, 0.4) is 0 Å². The Bertz CT molecular complexity index is 328. The molecule has 4 nitrogen and oxygen atoms in total. The molecule has 0 aromatic heterocycles. The summed E-state index contributed by atoms with van der Waals surface area (Å²) in [6.07, 6.45) is 3.23. The molecule has 0 aliphatic carbocycles. The number of likely N-dealkylation sites (tertiary alicyclic amines) is 1. The van der Waals surface area contributed by atoms with Crippen LogP contribution in [0.5, 0.6) is 0 Å². The van der Waals surface area contributed by atoms with Crippen molar-refractivity contribution >= 4 is 5.97 Å². The van der Waals surface area contributed by atoms with Gasteiger partial charge in [0.25, 0.3) is 0 Å². The van der Waals surface area contributed by atoms with Gasteiger partial charge in [-0.1, -0.05) is 6.92 Å². The molecule has 18 heavy (non-hydrogen) atoms. The summed E-state index contributed by atoms with van der Waals surface area (Å²) in [7, 11) is 0. The molecule has 0 bridgehead atoms. The maximum Gasteiger partial charge on any atom is 0.323 e. The largest absolute Gasteiger partial charge is 0.459 e. The molecule has 2 atom stereocenters. The van der Waals surface area contributed by atoms with Gasteiger partial charge in [0.1, 0.15) is 11.6 Å². The van der Waals surface area contributed by atoms with Crippen molar-refractivity contribution in [2.45, 2.75) is 71.1 Å². The first-order valence-electron chi connectivity index (χ1n) is 6.74. The first kappa shape index (κ1) is 15.0. The molecule has 102 valence electrons. The summed E-state index contributed by atoms with van der Waals surface area (Å²) in [4.78, 5) is 14.3. The molecular weight excluding hydrogens is 228 g/mol. The molecule has 1 saturated heterocycles. The fourth-order valence-corrected chi connectivity index (χ4v) is 2.45. The Labute approximate surface area is 110 Å². The van der Waals surface area contributed by atoms with Crippen molar-refractivity contribution in [3.8, 4) is 6.07 Å². The second kappa shape index (κ2) is 6.19. The molecule has 0 spiro atoms. The van der Waals surface area contributed by atoms with E-state index >= 15 is 0 Å². The van der Waals surface area contributed by atoms with E-state index in [1.54, 1.807) is 0 Å². The van der Waals surface area contributed by atoms with Gasteiger partial charge >= 0.3 is 5.97 Å². The first-order chi connectivity index (χ1) is 8.39. The predicted molar refractivity (Wildman–Crippen MR) is 69.9 cm³/mol. The predicted octanol–water partition coefficient (Wildman–Crippen LogP) is 2.48. The van der Waals surface area contributed by atoms with Gasteiger partial charge < -0.3 is 4.74 Å². The van der Waals surface area contributed by atoms with E-state index in [4.69, 9.17) is 10.00 Å². The van der Waals surface area contributed by atoms with E-state index in [1.165, 1.54) is 0 Å². The van der Waals surface area contributed by atoms with Crippen molar-refractivity contribution in [3.63, 3.8) is 0 Å². The van der Waals surface area contributed by atoms with Crippen LogP contribution < -0.4 is 0 Å². The number of nitrogens with zero attached hydrogens (tertiary/aromatic N) is 2. The summed E-state index contributed by atoms with van der Waals surface area (Å²) in [5, 5.41) is 8.85. The molecule has 0 saturated carbocycles. The van der Waals surface area contributed by atoms with Crippen LogP contribution in [0, 0.1) is 11.3 Å². The maximum atomic E-state index is 12.1. The minimum Gasteiger partial charge on any atom is -0.459 e. The molecule has 1 unspecified atom stereocenters. The lowest BCUT2D eigenvalue weighted by Gasteiger charge is -2.31. The van der Waals surface area contributed by atoms with Gasteiger partial charge in [0.15, 0.2) is 0 Å². The van der Waals surface area contributed by atoms with E-state index in [0.29, 0.717) is 6.42 Å². The number of nitriles is 1. The van der Waals surface area contributed by atoms with Crippen LogP contribution >= 0.6 is 0 Å². The summed E-state index contributed by atoms with van der Waals surface area (Å²) in [6.45, 7) is 8.61. The minimum absolute atomic E-state index is 0.142. The highest BCUT2D eigenvalue weighted by molar-refractivity contribution is 5.76. The highest BCUT2D eigenvalue weighted by atomic mass is 16.6. The lowest BCUT2D eigenvalue weighted by Crippen LogP contribution is -2.45. The van der Waals surface area contributed by atoms with Crippen LogP contribution in [0.2, 0.25) is 0 Å². The summed E-state index contributed by atoms with van der Waals surface area (Å²) < 4.78 is 5.46. The molecule has 0 amide bonds. The topological polar surface area (TPSA) is 53.3 Å². The van der Waals surface area contributed by atoms with Gasteiger partial charge in [-0.2, -0.15) is 5.26 Å². The molecule has 1 fully saturated rings. The van der Waals surface area contributed by atoms with Gasteiger partial charge in [0.05, 0.1) is 12.5 Å². The summed E-state index contributed by atoms with van der Waals surface area (Å²) in [5.41, 5.74) is -0.442. The first-order valence-corrected chi connectivity index (χ1v) is 6.74. The SMILES string of the molecule is CCC(CC#N)N1CCC[C@H]1C(=O)OC(C)(C)C. The smallest absolute Gasteiger partial charge is 0.323 e. The van der Waals surface area contributed by atoms with Crippen molar-refractivity contribution in [3.05, 3.63) is 0 Å². The van der Waals surface area contributed by atoms with Crippen LogP contribution in [-0.2, 0) is 9.53 Å². The zero-order valence-corrected chi connectivity index (χ0v) is 11.9. The molecule has 0 aromatic rings. The number of rotatable bonds is 4. The number of carbonyl (C=O) groups is 1. The molecule has 1 aliphatic rings. The van der Waals surface area contributed by atoms with Crippen molar-refractivity contribution in [2.75, 3.05) is 6.54 Å². The molecule has 0 radical (unpaired) electrons. The Kier molecular flexibility index (Phi) is 5.15. The molecule has 1 aliphatic heterocycles. The van der Waals surface area contributed by atoms with E-state index in [1.807, 2.05) is 20.8 Å². The van der Waals surface area contributed by atoms with Crippen molar-refractivity contribution in [1.82, 2.24) is 4.90 Å². The fourth-order valence-electron chi connectivity index (χ4n) is 2.45. The Balaban J connectivity index is 2.69. The summed E-state index contributed by atoms with van der Waals surface area (Å²) >= 11 is 0. The lowest BCUT2D eigenvalue weighted by molar-refractivity contribution is -0.161. The molecule has 0 N–H and O–H groups in total. The van der Waals surface area contributed by atoms with E-state index in [2.05, 4.69) is 17.9 Å². The second-order valence-electron chi connectivity index (χ2n) is 5.85. The zero-order valence-electron chi connectivity index (χ0n) is 11.9. The third-order valence-corrected chi connectivity index (χ3v) is 3.24. The van der Waals surface area contributed by atoms with E-state index in [9.17, 15) is 4.79 Å². The van der Waals surface area contributed by atoms with Gasteiger partial charge in [-0.05, 0) is 46.6 Å². The van der Waals surface area contributed by atoms with Crippen molar-refractivity contribution in [1.29, 1.82) is 5.26 Å². The summed E-state index contributed by atoms with van der Waals surface area (Å²) in [6, 6.07) is 2.22. The number of carbonyl (C=O) groups excluding carboxylic acids is 1. The average Bonchev–Trinajstić information content (AvgIpc) is 2.72. The van der Waals surface area contributed by atoms with Crippen molar-refractivity contribution < 1.29 is 9.53 Å². The summed E-state index contributed by atoms with van der Waals surface area (Å²) in [5.74, 6) is -0.142. The average molecular weight is 252 g/mol. The third kappa shape index (κ3) is 3.99. The molecule has 1 heterocycles. The number of ether oxygens (including phenoxy) is 1. The highest BCUT2D eigenvalue weighted by Gasteiger charge is 2.37. The van der Waals surface area contributed by atoms with Crippen LogP contribution in [0.1, 0.15) is 53.4 Å². The monoisotopic (exact) mass is 252 g/mol. The quantitative estimate of drug-likeness (QED) is 0.721. The standard InChI is InChI=1S/C14H24N2O2/c1-5-11(8-9-15)16-10-6-7-12(16)13(17)18-14(2,3)4/h11-12H,5-8,10H2,1-4H3/t11?,12-/m0/s1. The Hall–Kier alpha value is -1.08. The van der Waals surface area contributed by atoms with Gasteiger partial charge in [-0.25, -0.2) is 0 Å². The van der Waals surface area contributed by atoms with Crippen LogP contribution in [0.4, 0.5) is 0 Å². The second-order valence-corrected chi connectivity index (χ2v) is 5.85. The van der Waals surface area contributed by atoms with E-state index < -0.39 is 5.60 Å². The van der Waals surface area contributed by atoms with Crippen LogP contribution in [-0.4, -0.2) is 35.1 Å². The van der Waals surface area contributed by atoms with E-state index in [0.717, 1.165) is 25.8 Å². The minimum atomic E-state index is -0.442. The molecule has 1 rings (SSSR count). The van der Waals surface area contributed by atoms with Crippen LogP contribution in [0.15, 0.2) is 0 Å². The Morgan fingerprint density at radius 2 is 2.22 bits per heavy atom. The van der Waals surface area contributed by atoms with E-state index in [-0.39, 0.29) is 18.1 Å². The normalized spacial score (nSPS) is 22.5. The lowest BCUT2D eigenvalue weighted by atomic mass is 10.1. The Morgan fingerprint density at radius 1 is 1.56 bits per heavy atom. The maximum absolute atomic E-state index is 12.1. The number of hydrogen-bond donors (Lipinski definition) is 0. The molecular formula is C14H24N2O2. The van der Waals surface area contributed by atoms with Gasteiger partial charge in [0, 0.05) is 6.04 Å². The van der Waals surface area contributed by atoms with Gasteiger partial charge in [0.2, 0.25) is 0 Å². The van der Waals surface area contributed by atoms with Gasteiger partial charge in [-0.15, -0.1) is 0 Å². The third-order valence-electron chi connectivity index (χ3n) is 3.24. The highest BCUT2D eigenvalue weighted by Crippen LogP contribution is 2.25. The number of hydrogen-bond acceptors (Lipinski definition) is 4. The van der Waals surface area contributed by atoms with Gasteiger partial charge in [-0.3, -0.25) is 9.69 Å². The molecule has 4 heteroatoms.